The van der Waals surface area contributed by atoms with Crippen LogP contribution in [0.3, 0.4) is 0 Å². The van der Waals surface area contributed by atoms with Crippen molar-refractivity contribution < 1.29 is 8.42 Å². The Bertz CT molecular complexity index is 1070. The van der Waals surface area contributed by atoms with Crippen LogP contribution in [0.5, 0.6) is 0 Å². The molecule has 1 aromatic carbocycles. The van der Waals surface area contributed by atoms with Crippen LogP contribution in [0.1, 0.15) is 5.69 Å². The van der Waals surface area contributed by atoms with Crippen LogP contribution < -0.4 is 10.3 Å². The lowest BCUT2D eigenvalue weighted by atomic mass is 10.4. The summed E-state index contributed by atoms with van der Waals surface area (Å²) in [4.78, 5) is 20.1. The quantitative estimate of drug-likeness (QED) is 0.727. The molecule has 23 heavy (non-hydrogen) atoms. The van der Waals surface area contributed by atoms with Gasteiger partial charge >= 0.3 is 0 Å². The minimum Gasteiger partial charge on any atom is -0.278 e. The molecule has 0 saturated heterocycles. The second-order valence-corrected chi connectivity index (χ2v) is 7.08. The number of benzene rings is 1. The van der Waals surface area contributed by atoms with Gasteiger partial charge in [-0.05, 0) is 25.1 Å². The zero-order valence-corrected chi connectivity index (χ0v) is 13.9. The number of nitrogens with zero attached hydrogens (tertiary/aromatic N) is 3. The number of hydrogen-bond acceptors (Lipinski definition) is 5. The highest BCUT2D eigenvalue weighted by Gasteiger charge is 2.20. The van der Waals surface area contributed by atoms with E-state index in [-0.39, 0.29) is 32.1 Å². The molecule has 0 fully saturated rings. The van der Waals surface area contributed by atoms with Crippen molar-refractivity contribution >= 4 is 44.7 Å². The van der Waals surface area contributed by atoms with Gasteiger partial charge in [-0.3, -0.25) is 14.6 Å². The summed E-state index contributed by atoms with van der Waals surface area (Å²) in [7, 11) is -4.03. The molecule has 0 bridgehead atoms. The van der Waals surface area contributed by atoms with Crippen molar-refractivity contribution in [2.45, 2.75) is 11.8 Å². The van der Waals surface area contributed by atoms with Crippen molar-refractivity contribution in [3.63, 3.8) is 0 Å². The molecule has 3 aromatic rings. The Morgan fingerprint density at radius 2 is 2.00 bits per heavy atom. The zero-order chi connectivity index (χ0) is 16.8. The summed E-state index contributed by atoms with van der Waals surface area (Å²) < 4.78 is 28.1. The molecule has 2 aromatic heterocycles. The number of aromatic amines is 1. The van der Waals surface area contributed by atoms with Crippen molar-refractivity contribution in [2.24, 2.45) is 0 Å². The maximum atomic E-state index is 12.4. The molecule has 0 aliphatic carbocycles. The second-order valence-electron chi connectivity index (χ2n) is 4.58. The van der Waals surface area contributed by atoms with Gasteiger partial charge in [0.25, 0.3) is 21.4 Å². The number of aromatic nitrogens is 4. The third-order valence-corrected chi connectivity index (χ3v) is 5.14. The molecule has 8 nitrogen and oxygen atoms in total. The van der Waals surface area contributed by atoms with Crippen LogP contribution in [-0.4, -0.2) is 28.0 Å². The Morgan fingerprint density at radius 3 is 2.70 bits per heavy atom. The largest absolute Gasteiger partial charge is 0.298 e. The van der Waals surface area contributed by atoms with E-state index in [9.17, 15) is 13.2 Å². The Kier molecular flexibility index (Phi) is 3.78. The maximum absolute atomic E-state index is 12.4. The van der Waals surface area contributed by atoms with E-state index in [0.29, 0.717) is 0 Å². The third kappa shape index (κ3) is 2.78. The van der Waals surface area contributed by atoms with Gasteiger partial charge in [-0.25, -0.2) is 18.4 Å². The summed E-state index contributed by atoms with van der Waals surface area (Å²) in [6, 6.07) is 3.83. The van der Waals surface area contributed by atoms with Gasteiger partial charge in [-0.2, -0.15) is 4.52 Å². The van der Waals surface area contributed by atoms with Crippen molar-refractivity contribution in [3.8, 4) is 0 Å². The molecule has 0 aliphatic rings. The van der Waals surface area contributed by atoms with Crippen molar-refractivity contribution in [1.82, 2.24) is 19.6 Å². The minimum atomic E-state index is -4.03. The molecular weight excluding hydrogens is 365 g/mol. The maximum Gasteiger partial charge on any atom is 0.298 e. The topological polar surface area (TPSA) is 109 Å². The fraction of sp³-hybridized carbons (Fsp3) is 0.0833. The second kappa shape index (κ2) is 5.52. The smallest absolute Gasteiger partial charge is 0.278 e. The average Bonchev–Trinajstić information content (AvgIpc) is 2.94. The predicted molar refractivity (Wildman–Crippen MR) is 85.6 cm³/mol. The van der Waals surface area contributed by atoms with Crippen molar-refractivity contribution in [1.29, 1.82) is 0 Å². The first-order valence-corrected chi connectivity index (χ1v) is 8.44. The van der Waals surface area contributed by atoms with E-state index in [0.717, 1.165) is 4.52 Å². The fourth-order valence-corrected chi connectivity index (χ4v) is 3.42. The van der Waals surface area contributed by atoms with Crippen molar-refractivity contribution in [3.05, 3.63) is 50.6 Å². The summed E-state index contributed by atoms with van der Waals surface area (Å²) in [6.45, 7) is 1.50. The lowest BCUT2D eigenvalue weighted by molar-refractivity contribution is 0.601. The lowest BCUT2D eigenvalue weighted by Gasteiger charge is -2.10. The minimum absolute atomic E-state index is 0.0881. The summed E-state index contributed by atoms with van der Waals surface area (Å²) in [5.41, 5.74) is -0.600. The molecule has 2 heterocycles. The van der Waals surface area contributed by atoms with Gasteiger partial charge in [0.05, 0.1) is 20.6 Å². The fourth-order valence-electron chi connectivity index (χ4n) is 1.92. The number of aryl methyl sites for hydroxylation is 1. The Labute approximate surface area is 140 Å². The molecule has 11 heteroatoms. The molecule has 0 spiro atoms. The van der Waals surface area contributed by atoms with Crippen LogP contribution in [0.4, 0.5) is 5.69 Å². The van der Waals surface area contributed by atoms with Crippen LogP contribution in [0, 0.1) is 6.92 Å². The molecule has 120 valence electrons. The standard InChI is InChI=1S/C12H9Cl2N5O3S/c1-6-10(11(20)19-12(17-6)15-5-16-19)18-23(21,22)7-2-3-8(13)9(14)4-7/h2-5,18H,1H3,(H,15,16,17). The van der Waals surface area contributed by atoms with Gasteiger partial charge in [0.15, 0.2) is 0 Å². The zero-order valence-electron chi connectivity index (χ0n) is 11.5. The molecule has 0 saturated carbocycles. The van der Waals surface area contributed by atoms with Crippen LogP contribution in [0.15, 0.2) is 34.2 Å². The number of rotatable bonds is 3. The van der Waals surface area contributed by atoms with Gasteiger partial charge < -0.3 is 0 Å². The van der Waals surface area contributed by atoms with E-state index in [1.807, 2.05) is 0 Å². The molecule has 0 unspecified atom stereocenters. The Morgan fingerprint density at radius 1 is 1.26 bits per heavy atom. The van der Waals surface area contributed by atoms with Crippen LogP contribution in [0.2, 0.25) is 10.0 Å². The van der Waals surface area contributed by atoms with Crippen LogP contribution in [-0.2, 0) is 10.0 Å². The Hall–Kier alpha value is -2.10. The van der Waals surface area contributed by atoms with Gasteiger partial charge in [0, 0.05) is 0 Å². The average molecular weight is 374 g/mol. The SMILES string of the molecule is Cc1nc2nc[nH]n2c(=O)c1NS(=O)(=O)c1ccc(Cl)c(Cl)c1. The molecular formula is C12H9Cl2N5O3S. The monoisotopic (exact) mass is 373 g/mol. The van der Waals surface area contributed by atoms with E-state index in [1.54, 1.807) is 0 Å². The summed E-state index contributed by atoms with van der Waals surface area (Å²) in [5.74, 6) is 0.144. The first-order valence-electron chi connectivity index (χ1n) is 6.20. The van der Waals surface area contributed by atoms with Gasteiger partial charge in [-0.1, -0.05) is 23.2 Å². The number of sulfonamides is 1. The van der Waals surface area contributed by atoms with Gasteiger partial charge in [0.2, 0.25) is 0 Å². The third-order valence-electron chi connectivity index (χ3n) is 3.05. The van der Waals surface area contributed by atoms with E-state index >= 15 is 0 Å². The van der Waals surface area contributed by atoms with Gasteiger partial charge in [-0.15, -0.1) is 0 Å². The predicted octanol–water partition coefficient (Wildman–Crippen LogP) is 1.83. The highest BCUT2D eigenvalue weighted by molar-refractivity contribution is 7.92. The molecule has 2 N–H and O–H groups in total. The summed E-state index contributed by atoms with van der Waals surface area (Å²) >= 11 is 11.6. The lowest BCUT2D eigenvalue weighted by Crippen LogP contribution is -2.25. The van der Waals surface area contributed by atoms with Crippen LogP contribution >= 0.6 is 23.2 Å². The van der Waals surface area contributed by atoms with Crippen LogP contribution in [0.25, 0.3) is 5.78 Å². The van der Waals surface area contributed by atoms with E-state index in [1.165, 1.54) is 31.5 Å². The number of anilines is 1. The summed E-state index contributed by atoms with van der Waals surface area (Å²) in [6.07, 6.45) is 1.28. The van der Waals surface area contributed by atoms with E-state index in [4.69, 9.17) is 23.2 Å². The van der Waals surface area contributed by atoms with E-state index < -0.39 is 15.6 Å². The number of fused-ring (bicyclic) bond motifs is 1. The highest BCUT2D eigenvalue weighted by Crippen LogP contribution is 2.25. The Balaban J connectivity index is 2.10. The van der Waals surface area contributed by atoms with E-state index in [2.05, 4.69) is 19.8 Å². The highest BCUT2D eigenvalue weighted by atomic mass is 35.5. The molecule has 0 radical (unpaired) electrons. The first kappa shape index (κ1) is 15.8. The number of halogens is 2. The molecule has 0 atom stereocenters. The molecule has 0 amide bonds. The first-order chi connectivity index (χ1) is 10.8. The molecule has 0 aliphatic heterocycles. The number of nitrogens with one attached hydrogen (secondary N) is 2. The number of H-pyrrole nitrogens is 1. The summed E-state index contributed by atoms with van der Waals surface area (Å²) in [5, 5.41) is 2.87. The normalized spacial score (nSPS) is 11.8. The molecule has 3 rings (SSSR count). The van der Waals surface area contributed by atoms with Gasteiger partial charge in [0.1, 0.15) is 12.0 Å². The number of hydrogen-bond donors (Lipinski definition) is 2. The van der Waals surface area contributed by atoms with Crippen molar-refractivity contribution in [2.75, 3.05) is 4.72 Å².